The fourth-order valence-corrected chi connectivity index (χ4v) is 0.808. The quantitative estimate of drug-likeness (QED) is 0.560. The van der Waals surface area contributed by atoms with Gasteiger partial charge in [0.1, 0.15) is 6.23 Å². The molecular weight excluding hydrogens is 118 g/mol. The molecule has 0 aromatic heterocycles. The average molecular weight is 131 g/mol. The highest BCUT2D eigenvalue weighted by Crippen LogP contribution is 2.08. The standard InChI is InChI=1S/C6H13NO2/c1-3-8-6(2)7-4-5-9-7/h6H,3-5H2,1-2H3. The van der Waals surface area contributed by atoms with E-state index in [9.17, 15) is 0 Å². The fraction of sp³-hybridized carbons (Fsp3) is 1.00. The van der Waals surface area contributed by atoms with Gasteiger partial charge in [-0.15, -0.1) is 0 Å². The molecule has 1 aliphatic heterocycles. The summed E-state index contributed by atoms with van der Waals surface area (Å²) in [6, 6.07) is 0. The summed E-state index contributed by atoms with van der Waals surface area (Å²) in [7, 11) is 0. The Morgan fingerprint density at radius 3 is 2.78 bits per heavy atom. The molecule has 3 nitrogen and oxygen atoms in total. The van der Waals surface area contributed by atoms with Gasteiger partial charge in [0.2, 0.25) is 0 Å². The molecule has 0 saturated carbocycles. The second-order valence-corrected chi connectivity index (χ2v) is 2.03. The van der Waals surface area contributed by atoms with Crippen molar-refractivity contribution in [1.29, 1.82) is 0 Å². The topological polar surface area (TPSA) is 21.7 Å². The highest BCUT2D eigenvalue weighted by atomic mass is 16.7. The van der Waals surface area contributed by atoms with E-state index < -0.39 is 0 Å². The third kappa shape index (κ3) is 1.64. The number of ether oxygens (including phenoxy) is 1. The van der Waals surface area contributed by atoms with Crippen molar-refractivity contribution in [3.63, 3.8) is 0 Å². The van der Waals surface area contributed by atoms with Crippen molar-refractivity contribution in [1.82, 2.24) is 5.06 Å². The molecule has 0 bridgehead atoms. The van der Waals surface area contributed by atoms with Crippen molar-refractivity contribution in [2.24, 2.45) is 0 Å². The molecule has 1 rings (SSSR count). The van der Waals surface area contributed by atoms with E-state index in [2.05, 4.69) is 0 Å². The van der Waals surface area contributed by atoms with Crippen molar-refractivity contribution < 1.29 is 9.57 Å². The second kappa shape index (κ2) is 3.15. The minimum absolute atomic E-state index is 0.128. The molecule has 0 aromatic carbocycles. The molecule has 0 radical (unpaired) electrons. The summed E-state index contributed by atoms with van der Waals surface area (Å²) in [5, 5.41) is 1.84. The molecule has 1 atom stereocenters. The van der Waals surface area contributed by atoms with Gasteiger partial charge in [-0.25, -0.2) is 0 Å². The van der Waals surface area contributed by atoms with Gasteiger partial charge in [-0.1, -0.05) is 0 Å². The zero-order chi connectivity index (χ0) is 6.69. The van der Waals surface area contributed by atoms with E-state index in [0.717, 1.165) is 19.8 Å². The third-order valence-electron chi connectivity index (χ3n) is 1.38. The Morgan fingerprint density at radius 1 is 1.78 bits per heavy atom. The van der Waals surface area contributed by atoms with E-state index in [0.29, 0.717) is 0 Å². The van der Waals surface area contributed by atoms with Crippen LogP contribution >= 0.6 is 0 Å². The monoisotopic (exact) mass is 131 g/mol. The number of hydrogen-bond donors (Lipinski definition) is 0. The molecule has 1 fully saturated rings. The number of hydroxylamine groups is 2. The van der Waals surface area contributed by atoms with Gasteiger partial charge in [0, 0.05) is 6.61 Å². The van der Waals surface area contributed by atoms with Gasteiger partial charge < -0.3 is 4.74 Å². The van der Waals surface area contributed by atoms with Crippen LogP contribution in [0, 0.1) is 0 Å². The molecule has 1 aliphatic rings. The molecule has 1 saturated heterocycles. The van der Waals surface area contributed by atoms with Crippen LogP contribution in [0.25, 0.3) is 0 Å². The Labute approximate surface area is 55.5 Å². The van der Waals surface area contributed by atoms with Crippen LogP contribution in [0.15, 0.2) is 0 Å². The Balaban J connectivity index is 2.08. The van der Waals surface area contributed by atoms with Crippen LogP contribution in [-0.4, -0.2) is 31.0 Å². The van der Waals surface area contributed by atoms with E-state index in [4.69, 9.17) is 9.57 Å². The molecule has 0 aromatic rings. The van der Waals surface area contributed by atoms with E-state index in [1.807, 2.05) is 18.9 Å². The average Bonchev–Trinajstić information content (AvgIpc) is 1.60. The first-order chi connectivity index (χ1) is 4.34. The first kappa shape index (κ1) is 6.99. The maximum atomic E-state index is 5.25. The SMILES string of the molecule is CCOC(C)N1CCO1. The molecule has 0 amide bonds. The highest BCUT2D eigenvalue weighted by molar-refractivity contribution is 4.54. The third-order valence-corrected chi connectivity index (χ3v) is 1.38. The predicted octanol–water partition coefficient (Wildman–Crippen LogP) is 0.616. The zero-order valence-corrected chi connectivity index (χ0v) is 5.96. The molecule has 1 unspecified atom stereocenters. The number of hydrogen-bond acceptors (Lipinski definition) is 3. The first-order valence-electron chi connectivity index (χ1n) is 3.35. The highest BCUT2D eigenvalue weighted by Gasteiger charge is 2.21. The summed E-state index contributed by atoms with van der Waals surface area (Å²) in [5.74, 6) is 0. The van der Waals surface area contributed by atoms with Crippen LogP contribution < -0.4 is 0 Å². The molecule has 1 heterocycles. The Hall–Kier alpha value is -0.120. The number of nitrogens with zero attached hydrogens (tertiary/aromatic N) is 1. The Bertz CT molecular complexity index is 83.1. The van der Waals surface area contributed by atoms with Crippen LogP contribution in [0.3, 0.4) is 0 Å². The van der Waals surface area contributed by atoms with Gasteiger partial charge in [-0.05, 0) is 13.8 Å². The normalized spacial score (nSPS) is 23.3. The lowest BCUT2D eigenvalue weighted by atomic mass is 10.5. The summed E-state index contributed by atoms with van der Waals surface area (Å²) in [4.78, 5) is 5.05. The van der Waals surface area contributed by atoms with Gasteiger partial charge in [0.25, 0.3) is 0 Å². The van der Waals surface area contributed by atoms with Crippen LogP contribution in [0.2, 0.25) is 0 Å². The fourth-order valence-electron chi connectivity index (χ4n) is 0.808. The van der Waals surface area contributed by atoms with Crippen molar-refractivity contribution in [2.75, 3.05) is 19.8 Å². The smallest absolute Gasteiger partial charge is 0.130 e. The maximum absolute atomic E-state index is 5.25. The summed E-state index contributed by atoms with van der Waals surface area (Å²) < 4.78 is 5.25. The van der Waals surface area contributed by atoms with Gasteiger partial charge in [-0.2, -0.15) is 5.06 Å². The largest absolute Gasteiger partial charge is 0.362 e. The minimum atomic E-state index is 0.128. The Morgan fingerprint density at radius 2 is 2.44 bits per heavy atom. The van der Waals surface area contributed by atoms with E-state index in [1.54, 1.807) is 0 Å². The van der Waals surface area contributed by atoms with Crippen LogP contribution in [-0.2, 0) is 9.57 Å². The molecule has 0 aliphatic carbocycles. The summed E-state index contributed by atoms with van der Waals surface area (Å²) in [6.07, 6.45) is 0.128. The number of rotatable bonds is 3. The van der Waals surface area contributed by atoms with Gasteiger partial charge in [-0.3, -0.25) is 4.84 Å². The first-order valence-corrected chi connectivity index (χ1v) is 3.35. The molecule has 54 valence electrons. The summed E-state index contributed by atoms with van der Waals surface area (Å²) >= 11 is 0. The van der Waals surface area contributed by atoms with Crippen molar-refractivity contribution >= 4 is 0 Å². The van der Waals surface area contributed by atoms with Crippen LogP contribution in [0.5, 0.6) is 0 Å². The zero-order valence-electron chi connectivity index (χ0n) is 5.96. The van der Waals surface area contributed by atoms with Gasteiger partial charge >= 0.3 is 0 Å². The molecule has 0 N–H and O–H groups in total. The van der Waals surface area contributed by atoms with E-state index >= 15 is 0 Å². The predicted molar refractivity (Wildman–Crippen MR) is 33.7 cm³/mol. The summed E-state index contributed by atoms with van der Waals surface area (Å²) in [5.41, 5.74) is 0. The lowest BCUT2D eigenvalue weighted by Crippen LogP contribution is -2.46. The van der Waals surface area contributed by atoms with E-state index in [-0.39, 0.29) is 6.23 Å². The van der Waals surface area contributed by atoms with Crippen molar-refractivity contribution in [2.45, 2.75) is 20.1 Å². The van der Waals surface area contributed by atoms with E-state index in [1.165, 1.54) is 0 Å². The van der Waals surface area contributed by atoms with Gasteiger partial charge in [0.05, 0.1) is 13.2 Å². The molecule has 3 heteroatoms. The molecule has 0 spiro atoms. The second-order valence-electron chi connectivity index (χ2n) is 2.03. The van der Waals surface area contributed by atoms with Crippen LogP contribution in [0.4, 0.5) is 0 Å². The molecular formula is C6H13NO2. The van der Waals surface area contributed by atoms with Crippen molar-refractivity contribution in [3.8, 4) is 0 Å². The maximum Gasteiger partial charge on any atom is 0.130 e. The van der Waals surface area contributed by atoms with Crippen LogP contribution in [0.1, 0.15) is 13.8 Å². The van der Waals surface area contributed by atoms with Gasteiger partial charge in [0.15, 0.2) is 0 Å². The lowest BCUT2D eigenvalue weighted by molar-refractivity contribution is -0.314. The van der Waals surface area contributed by atoms with Crippen molar-refractivity contribution in [3.05, 3.63) is 0 Å². The minimum Gasteiger partial charge on any atom is -0.362 e. The lowest BCUT2D eigenvalue weighted by Gasteiger charge is -2.34. The summed E-state index contributed by atoms with van der Waals surface area (Å²) in [6.45, 7) is 6.57. The molecule has 9 heavy (non-hydrogen) atoms. The Kier molecular flexibility index (Phi) is 2.45.